The number of pyridine rings is 1. The van der Waals surface area contributed by atoms with Crippen molar-refractivity contribution in [3.05, 3.63) is 69.8 Å². The van der Waals surface area contributed by atoms with Crippen molar-refractivity contribution < 1.29 is 5.11 Å². The Bertz CT molecular complexity index is 1340. The Kier molecular flexibility index (Phi) is 6.55. The van der Waals surface area contributed by atoms with Gasteiger partial charge in [-0.1, -0.05) is 23.7 Å². The number of nitrogens with one attached hydrogen (secondary N) is 1. The lowest BCUT2D eigenvalue weighted by Crippen LogP contribution is -2.30. The van der Waals surface area contributed by atoms with Gasteiger partial charge in [0.2, 0.25) is 0 Å². The first-order valence-electron chi connectivity index (χ1n) is 10.3. The monoisotopic (exact) mass is 450 g/mol. The number of aromatic nitrogens is 5. The van der Waals surface area contributed by atoms with Crippen molar-refractivity contribution in [2.45, 2.75) is 20.4 Å². The van der Waals surface area contributed by atoms with Gasteiger partial charge in [0, 0.05) is 59.1 Å². The lowest BCUT2D eigenvalue weighted by atomic mass is 10.0. The highest BCUT2D eigenvalue weighted by Crippen LogP contribution is 2.31. The maximum Gasteiger partial charge on any atom is 0.260 e. The number of aliphatic hydroxyl groups is 1. The van der Waals surface area contributed by atoms with Gasteiger partial charge in [-0.25, -0.2) is 15.0 Å². The first-order valence-corrected chi connectivity index (χ1v) is 10.6. The van der Waals surface area contributed by atoms with Crippen LogP contribution in [-0.2, 0) is 6.54 Å². The standard InChI is InChI=1S/C23H23ClN6O2/c1-14-11-26-13-21(28-14)16-3-4-18(20(24)10-16)19-9-17-12-27-15(2)29-22(17)30(23(19)32)7-5-25-6-8-31/h3-4,9-13,25,31H,5-8H2,1-2H3. The van der Waals surface area contributed by atoms with Crippen molar-refractivity contribution in [2.75, 3.05) is 19.7 Å². The molecular weight excluding hydrogens is 428 g/mol. The van der Waals surface area contributed by atoms with Crippen LogP contribution in [0.25, 0.3) is 33.4 Å². The zero-order chi connectivity index (χ0) is 22.7. The number of aliphatic hydroxyl groups excluding tert-OH is 1. The number of fused-ring (bicyclic) bond motifs is 1. The average molecular weight is 451 g/mol. The van der Waals surface area contributed by atoms with Crippen LogP contribution < -0.4 is 10.9 Å². The second-order valence-electron chi connectivity index (χ2n) is 7.42. The summed E-state index contributed by atoms with van der Waals surface area (Å²) in [4.78, 5) is 30.9. The van der Waals surface area contributed by atoms with Crippen LogP contribution in [0.1, 0.15) is 11.5 Å². The van der Waals surface area contributed by atoms with E-state index in [1.807, 2.05) is 19.1 Å². The Morgan fingerprint density at radius 3 is 2.66 bits per heavy atom. The summed E-state index contributed by atoms with van der Waals surface area (Å²) in [6, 6.07) is 7.28. The molecule has 0 saturated heterocycles. The number of nitrogens with zero attached hydrogens (tertiary/aromatic N) is 5. The molecule has 0 aliphatic heterocycles. The Hall–Kier alpha value is -3.20. The molecule has 0 radical (unpaired) electrons. The summed E-state index contributed by atoms with van der Waals surface area (Å²) in [5.74, 6) is 0.586. The molecule has 0 spiro atoms. The van der Waals surface area contributed by atoms with E-state index in [-0.39, 0.29) is 12.2 Å². The van der Waals surface area contributed by atoms with Crippen LogP contribution in [0, 0.1) is 13.8 Å². The SMILES string of the molecule is Cc1cncc(-c2ccc(-c3cc4cnc(C)nc4n(CCNCCO)c3=O)c(Cl)c2)n1. The summed E-state index contributed by atoms with van der Waals surface area (Å²) >= 11 is 6.63. The van der Waals surface area contributed by atoms with E-state index in [0.717, 1.165) is 16.6 Å². The third-order valence-corrected chi connectivity index (χ3v) is 5.37. The highest BCUT2D eigenvalue weighted by atomic mass is 35.5. The zero-order valence-electron chi connectivity index (χ0n) is 17.8. The van der Waals surface area contributed by atoms with E-state index in [4.69, 9.17) is 16.7 Å². The lowest BCUT2D eigenvalue weighted by molar-refractivity contribution is 0.291. The van der Waals surface area contributed by atoms with Crippen LogP contribution >= 0.6 is 11.6 Å². The Labute approximate surface area is 190 Å². The summed E-state index contributed by atoms with van der Waals surface area (Å²) in [7, 11) is 0. The molecule has 0 aliphatic carbocycles. The molecule has 0 unspecified atom stereocenters. The fourth-order valence-electron chi connectivity index (χ4n) is 3.53. The van der Waals surface area contributed by atoms with Crippen molar-refractivity contribution in [2.24, 2.45) is 0 Å². The maximum absolute atomic E-state index is 13.5. The molecule has 0 atom stereocenters. The summed E-state index contributed by atoms with van der Waals surface area (Å²) < 4.78 is 1.62. The molecule has 0 aliphatic rings. The molecule has 2 N–H and O–H groups in total. The molecule has 0 bridgehead atoms. The number of aryl methyl sites for hydroxylation is 2. The van der Waals surface area contributed by atoms with Crippen molar-refractivity contribution >= 4 is 22.6 Å². The van der Waals surface area contributed by atoms with Crippen LogP contribution in [0.4, 0.5) is 0 Å². The second-order valence-corrected chi connectivity index (χ2v) is 7.83. The number of rotatable bonds is 7. The third kappa shape index (κ3) is 4.52. The molecule has 3 aromatic heterocycles. The molecule has 0 amide bonds. The van der Waals surface area contributed by atoms with Crippen molar-refractivity contribution in [1.29, 1.82) is 0 Å². The number of benzene rings is 1. The molecule has 1 aromatic carbocycles. The van der Waals surface area contributed by atoms with Crippen LogP contribution in [0.15, 0.2) is 47.7 Å². The lowest BCUT2D eigenvalue weighted by Gasteiger charge is -2.14. The maximum atomic E-state index is 13.5. The minimum atomic E-state index is -0.189. The van der Waals surface area contributed by atoms with E-state index in [9.17, 15) is 4.79 Å². The van der Waals surface area contributed by atoms with Gasteiger partial charge in [0.25, 0.3) is 5.56 Å². The summed E-state index contributed by atoms with van der Waals surface area (Å²) in [5, 5.41) is 13.3. The van der Waals surface area contributed by atoms with Crippen LogP contribution in [-0.4, -0.2) is 49.3 Å². The van der Waals surface area contributed by atoms with E-state index in [1.54, 1.807) is 42.2 Å². The van der Waals surface area contributed by atoms with E-state index in [2.05, 4.69) is 25.3 Å². The molecule has 0 saturated carbocycles. The highest BCUT2D eigenvalue weighted by Gasteiger charge is 2.16. The van der Waals surface area contributed by atoms with E-state index in [1.165, 1.54) is 0 Å². The van der Waals surface area contributed by atoms with Crippen molar-refractivity contribution in [3.63, 3.8) is 0 Å². The van der Waals surface area contributed by atoms with Gasteiger partial charge in [0.15, 0.2) is 0 Å². The summed E-state index contributed by atoms with van der Waals surface area (Å²) in [6.07, 6.45) is 5.08. The topological polar surface area (TPSA) is 106 Å². The van der Waals surface area contributed by atoms with Gasteiger partial charge in [0.05, 0.1) is 24.2 Å². The van der Waals surface area contributed by atoms with Gasteiger partial charge in [-0.05, 0) is 26.0 Å². The molecule has 32 heavy (non-hydrogen) atoms. The Morgan fingerprint density at radius 1 is 1.06 bits per heavy atom. The summed E-state index contributed by atoms with van der Waals surface area (Å²) in [5.41, 5.74) is 3.83. The molecular formula is C23H23ClN6O2. The average Bonchev–Trinajstić information content (AvgIpc) is 2.78. The number of hydrogen-bond acceptors (Lipinski definition) is 7. The van der Waals surface area contributed by atoms with Crippen molar-refractivity contribution in [3.8, 4) is 22.4 Å². The van der Waals surface area contributed by atoms with Gasteiger partial charge in [-0.3, -0.25) is 14.3 Å². The first-order chi connectivity index (χ1) is 15.5. The largest absolute Gasteiger partial charge is 0.395 e. The third-order valence-electron chi connectivity index (χ3n) is 5.06. The highest BCUT2D eigenvalue weighted by molar-refractivity contribution is 6.33. The molecule has 4 aromatic rings. The predicted octanol–water partition coefficient (Wildman–Crippen LogP) is 2.77. The fraction of sp³-hybridized carbons (Fsp3) is 0.261. The van der Waals surface area contributed by atoms with E-state index < -0.39 is 0 Å². The zero-order valence-corrected chi connectivity index (χ0v) is 18.6. The predicted molar refractivity (Wildman–Crippen MR) is 125 cm³/mol. The smallest absolute Gasteiger partial charge is 0.260 e. The van der Waals surface area contributed by atoms with Gasteiger partial charge in [0.1, 0.15) is 11.5 Å². The van der Waals surface area contributed by atoms with Crippen LogP contribution in [0.5, 0.6) is 0 Å². The molecule has 8 nitrogen and oxygen atoms in total. The molecule has 164 valence electrons. The van der Waals surface area contributed by atoms with Gasteiger partial charge in [-0.15, -0.1) is 0 Å². The first kappa shape index (κ1) is 22.0. The number of hydrogen-bond donors (Lipinski definition) is 2. The Morgan fingerprint density at radius 2 is 1.91 bits per heavy atom. The normalized spacial score (nSPS) is 11.2. The van der Waals surface area contributed by atoms with Gasteiger partial charge < -0.3 is 10.4 Å². The minimum Gasteiger partial charge on any atom is -0.395 e. The van der Waals surface area contributed by atoms with Gasteiger partial charge >= 0.3 is 0 Å². The second kappa shape index (κ2) is 9.52. The minimum absolute atomic E-state index is 0.0320. The molecule has 9 heteroatoms. The molecule has 4 rings (SSSR count). The van der Waals surface area contributed by atoms with Gasteiger partial charge in [-0.2, -0.15) is 0 Å². The van der Waals surface area contributed by atoms with E-state index >= 15 is 0 Å². The summed E-state index contributed by atoms with van der Waals surface area (Å²) in [6.45, 7) is 5.06. The quantitative estimate of drug-likeness (QED) is 0.417. The van der Waals surface area contributed by atoms with Crippen LogP contribution in [0.2, 0.25) is 5.02 Å². The van der Waals surface area contributed by atoms with Crippen LogP contribution in [0.3, 0.4) is 0 Å². The number of halogens is 1. The molecule has 0 fully saturated rings. The molecule has 3 heterocycles. The fourth-order valence-corrected chi connectivity index (χ4v) is 3.82. The van der Waals surface area contributed by atoms with Crippen molar-refractivity contribution in [1.82, 2.24) is 29.8 Å². The Balaban J connectivity index is 1.81. The van der Waals surface area contributed by atoms with E-state index in [0.29, 0.717) is 52.9 Å².